The number of carbonyl (C=O) groups is 1. The van der Waals surface area contributed by atoms with Crippen molar-refractivity contribution in [3.8, 4) is 11.3 Å². The monoisotopic (exact) mass is 258 g/mol. The molecule has 3 rings (SSSR count). The number of rotatable bonds is 2. The molecule has 0 atom stereocenters. The Balaban J connectivity index is 2.25. The number of pyridine rings is 1. The minimum Gasteiger partial charge on any atom is -0.276 e. The van der Waals surface area contributed by atoms with Crippen LogP contribution in [0.3, 0.4) is 0 Å². The maximum absolute atomic E-state index is 10.6. The minimum atomic E-state index is 0.594. The summed E-state index contributed by atoms with van der Waals surface area (Å²) in [5, 5.41) is 9.18. The maximum Gasteiger partial charge on any atom is 0.235 e. The summed E-state index contributed by atoms with van der Waals surface area (Å²) in [5.41, 5.74) is 2.27. The number of nitrogens with zero attached hydrogens (tertiary/aromatic N) is 4. The first-order valence-corrected chi connectivity index (χ1v) is 5.57. The van der Waals surface area contributed by atoms with Crippen LogP contribution >= 0.6 is 11.6 Å². The van der Waals surface area contributed by atoms with E-state index in [4.69, 9.17) is 11.6 Å². The number of aromatic nitrogens is 4. The Morgan fingerprint density at radius 1 is 1.28 bits per heavy atom. The van der Waals surface area contributed by atoms with Crippen LogP contribution in [0.15, 0.2) is 36.7 Å². The second kappa shape index (κ2) is 4.19. The van der Waals surface area contributed by atoms with E-state index >= 15 is 0 Å². The molecule has 0 radical (unpaired) electrons. The van der Waals surface area contributed by atoms with Crippen LogP contribution < -0.4 is 0 Å². The highest BCUT2D eigenvalue weighted by atomic mass is 35.5. The third-order valence-electron chi connectivity index (χ3n) is 2.60. The van der Waals surface area contributed by atoms with Gasteiger partial charge in [0.2, 0.25) is 6.41 Å². The van der Waals surface area contributed by atoms with Gasteiger partial charge in [0.25, 0.3) is 0 Å². The average molecular weight is 259 g/mol. The summed E-state index contributed by atoms with van der Waals surface area (Å²) in [7, 11) is 0. The highest BCUT2D eigenvalue weighted by molar-refractivity contribution is 6.31. The number of halogens is 1. The molecule has 0 unspecified atom stereocenters. The van der Waals surface area contributed by atoms with E-state index in [1.807, 2.05) is 12.1 Å². The van der Waals surface area contributed by atoms with E-state index < -0.39 is 0 Å². The first kappa shape index (κ1) is 10.9. The molecule has 1 aromatic carbocycles. The molecule has 0 fully saturated rings. The molecule has 0 aliphatic carbocycles. The van der Waals surface area contributed by atoms with Crippen LogP contribution in [0, 0.1) is 0 Å². The fourth-order valence-electron chi connectivity index (χ4n) is 1.80. The van der Waals surface area contributed by atoms with E-state index in [1.165, 1.54) is 0 Å². The molecule has 0 saturated carbocycles. The second-order valence-electron chi connectivity index (χ2n) is 3.71. The van der Waals surface area contributed by atoms with Gasteiger partial charge in [-0.15, -0.1) is 5.10 Å². The summed E-state index contributed by atoms with van der Waals surface area (Å²) >= 11 is 5.93. The van der Waals surface area contributed by atoms with E-state index in [0.717, 1.165) is 21.1 Å². The summed E-state index contributed by atoms with van der Waals surface area (Å²) in [4.78, 5) is 14.8. The van der Waals surface area contributed by atoms with Gasteiger partial charge in [0.05, 0.1) is 11.7 Å². The predicted octanol–water partition coefficient (Wildman–Crippen LogP) is 2.18. The van der Waals surface area contributed by atoms with Gasteiger partial charge in [-0.3, -0.25) is 9.78 Å². The van der Waals surface area contributed by atoms with Crippen molar-refractivity contribution in [3.63, 3.8) is 0 Å². The number of benzene rings is 1. The van der Waals surface area contributed by atoms with Crippen LogP contribution in [0.5, 0.6) is 0 Å². The fraction of sp³-hybridized carbons (Fsp3) is 0. The van der Waals surface area contributed by atoms with Crippen molar-refractivity contribution in [3.05, 3.63) is 41.7 Å². The number of hydrogen-bond donors (Lipinski definition) is 0. The van der Waals surface area contributed by atoms with Gasteiger partial charge in [-0.05, 0) is 18.2 Å². The summed E-state index contributed by atoms with van der Waals surface area (Å²) in [6.45, 7) is 0. The van der Waals surface area contributed by atoms with Gasteiger partial charge in [-0.2, -0.15) is 4.68 Å². The summed E-state index contributed by atoms with van der Waals surface area (Å²) < 4.78 is 1.12. The first-order valence-electron chi connectivity index (χ1n) is 5.20. The molecule has 0 aliphatic rings. The average Bonchev–Trinajstić information content (AvgIpc) is 2.86. The maximum atomic E-state index is 10.6. The van der Waals surface area contributed by atoms with Crippen LogP contribution in [0.2, 0.25) is 5.02 Å². The quantitative estimate of drug-likeness (QED) is 0.661. The Hall–Kier alpha value is -2.27. The molecular weight excluding hydrogens is 252 g/mol. The Bertz CT molecular complexity index is 738. The second-order valence-corrected chi connectivity index (χ2v) is 4.15. The van der Waals surface area contributed by atoms with Crippen molar-refractivity contribution in [1.29, 1.82) is 0 Å². The van der Waals surface area contributed by atoms with Crippen LogP contribution in [0.4, 0.5) is 0 Å². The minimum absolute atomic E-state index is 0.594. The van der Waals surface area contributed by atoms with Crippen LogP contribution in [0.25, 0.3) is 22.2 Å². The zero-order valence-electron chi connectivity index (χ0n) is 9.12. The van der Waals surface area contributed by atoms with Gasteiger partial charge < -0.3 is 0 Å². The van der Waals surface area contributed by atoms with Crippen LogP contribution in [-0.4, -0.2) is 26.4 Å². The van der Waals surface area contributed by atoms with Crippen LogP contribution in [0.1, 0.15) is 0 Å². The standard InChI is InChI=1S/C12H7ClN4O/c13-8-1-2-9-10(3-4-14-11(9)5-8)12-6-17(7-18)16-15-12/h1-7H. The van der Waals surface area contributed by atoms with E-state index in [9.17, 15) is 4.79 Å². The van der Waals surface area contributed by atoms with Gasteiger partial charge in [0.15, 0.2) is 0 Å². The van der Waals surface area contributed by atoms with Crippen molar-refractivity contribution in [1.82, 2.24) is 20.0 Å². The molecule has 0 bridgehead atoms. The van der Waals surface area contributed by atoms with Crippen molar-refractivity contribution < 1.29 is 4.79 Å². The molecule has 3 aromatic rings. The molecule has 0 amide bonds. The topological polar surface area (TPSA) is 60.7 Å². The highest BCUT2D eigenvalue weighted by Gasteiger charge is 2.08. The number of fused-ring (bicyclic) bond motifs is 1. The molecule has 2 aromatic heterocycles. The lowest BCUT2D eigenvalue weighted by atomic mass is 10.1. The van der Waals surface area contributed by atoms with Crippen molar-refractivity contribution in [2.24, 2.45) is 0 Å². The zero-order valence-corrected chi connectivity index (χ0v) is 9.87. The van der Waals surface area contributed by atoms with Crippen molar-refractivity contribution in [2.75, 3.05) is 0 Å². The molecule has 0 aliphatic heterocycles. The number of carbonyl (C=O) groups excluding carboxylic acids is 1. The molecular formula is C12H7ClN4O. The molecule has 2 heterocycles. The molecule has 0 saturated heterocycles. The molecule has 0 N–H and O–H groups in total. The Morgan fingerprint density at radius 2 is 2.17 bits per heavy atom. The third-order valence-corrected chi connectivity index (χ3v) is 2.83. The molecule has 6 heteroatoms. The molecule has 0 spiro atoms. The van der Waals surface area contributed by atoms with E-state index in [1.54, 1.807) is 24.5 Å². The lowest BCUT2D eigenvalue weighted by molar-refractivity contribution is 0.538. The van der Waals surface area contributed by atoms with Gasteiger partial charge in [-0.25, -0.2) is 0 Å². The molecule has 18 heavy (non-hydrogen) atoms. The molecule has 88 valence electrons. The highest BCUT2D eigenvalue weighted by Crippen LogP contribution is 2.27. The fourth-order valence-corrected chi connectivity index (χ4v) is 1.96. The Labute approximate surface area is 107 Å². The first-order chi connectivity index (χ1) is 8.78. The van der Waals surface area contributed by atoms with Gasteiger partial charge >= 0.3 is 0 Å². The van der Waals surface area contributed by atoms with E-state index in [-0.39, 0.29) is 0 Å². The Morgan fingerprint density at radius 3 is 2.94 bits per heavy atom. The largest absolute Gasteiger partial charge is 0.276 e. The lowest BCUT2D eigenvalue weighted by Crippen LogP contribution is -1.93. The predicted molar refractivity (Wildman–Crippen MR) is 67.9 cm³/mol. The van der Waals surface area contributed by atoms with E-state index in [2.05, 4.69) is 15.3 Å². The summed E-state index contributed by atoms with van der Waals surface area (Å²) in [5.74, 6) is 0. The third kappa shape index (κ3) is 1.74. The Kier molecular flexibility index (Phi) is 2.53. The lowest BCUT2D eigenvalue weighted by Gasteiger charge is -2.02. The zero-order chi connectivity index (χ0) is 12.5. The summed E-state index contributed by atoms with van der Waals surface area (Å²) in [6, 6.07) is 7.28. The smallest absolute Gasteiger partial charge is 0.235 e. The van der Waals surface area contributed by atoms with Gasteiger partial charge in [-0.1, -0.05) is 22.9 Å². The van der Waals surface area contributed by atoms with Crippen molar-refractivity contribution in [2.45, 2.75) is 0 Å². The van der Waals surface area contributed by atoms with Gasteiger partial charge in [0, 0.05) is 22.2 Å². The van der Waals surface area contributed by atoms with Crippen LogP contribution in [-0.2, 0) is 4.79 Å². The molecule has 5 nitrogen and oxygen atoms in total. The normalized spacial score (nSPS) is 10.7. The van der Waals surface area contributed by atoms with E-state index in [0.29, 0.717) is 17.1 Å². The number of hydrogen-bond acceptors (Lipinski definition) is 4. The van der Waals surface area contributed by atoms with Gasteiger partial charge in [0.1, 0.15) is 5.69 Å². The summed E-state index contributed by atoms with van der Waals surface area (Å²) in [6.07, 6.45) is 3.83. The SMILES string of the molecule is O=Cn1cc(-c2ccnc3cc(Cl)ccc23)nn1. The van der Waals surface area contributed by atoms with Crippen molar-refractivity contribution >= 4 is 28.9 Å².